The first-order valence-electron chi connectivity index (χ1n) is 11.6. The molecule has 0 radical (unpaired) electrons. The average molecular weight is 514 g/mol. The molecule has 5 aromatic rings. The molecular formula is C26H24FN9O2. The lowest BCUT2D eigenvalue weighted by Gasteiger charge is -2.18. The number of nitrogens with one attached hydrogen (secondary N) is 2. The smallest absolute Gasteiger partial charge is 0.282 e. The number of phenols is 1. The molecule has 0 aliphatic carbocycles. The number of anilines is 2. The normalized spacial score (nSPS) is 11.2. The summed E-state index contributed by atoms with van der Waals surface area (Å²) < 4.78 is 17.1. The molecular weight excluding hydrogens is 489 g/mol. The minimum atomic E-state index is -0.651. The van der Waals surface area contributed by atoms with E-state index in [0.717, 1.165) is 11.6 Å². The van der Waals surface area contributed by atoms with E-state index in [2.05, 4.69) is 20.4 Å². The number of aromatic nitrogens is 6. The van der Waals surface area contributed by atoms with Gasteiger partial charge in [0.05, 0.1) is 16.8 Å². The van der Waals surface area contributed by atoms with E-state index >= 15 is 0 Å². The number of nitrogens with two attached hydrogens (primary N) is 1. The van der Waals surface area contributed by atoms with Gasteiger partial charge in [-0.05, 0) is 37.6 Å². The lowest BCUT2D eigenvalue weighted by atomic mass is 10.1. The van der Waals surface area contributed by atoms with Crippen LogP contribution in [0.1, 0.15) is 24.0 Å². The highest BCUT2D eigenvalue weighted by atomic mass is 19.1. The van der Waals surface area contributed by atoms with E-state index in [1.54, 1.807) is 20.0 Å². The lowest BCUT2D eigenvalue weighted by Crippen LogP contribution is -2.30. The first-order valence-corrected chi connectivity index (χ1v) is 11.6. The molecule has 0 saturated heterocycles. The van der Waals surface area contributed by atoms with Crippen molar-refractivity contribution in [3.8, 4) is 22.7 Å². The fourth-order valence-corrected chi connectivity index (χ4v) is 4.42. The summed E-state index contributed by atoms with van der Waals surface area (Å²) in [6, 6.07) is 10.9. The van der Waals surface area contributed by atoms with Crippen LogP contribution in [-0.2, 0) is 6.54 Å². The molecule has 2 aromatic carbocycles. The topological polar surface area (TPSA) is 161 Å². The van der Waals surface area contributed by atoms with Crippen molar-refractivity contribution >= 4 is 28.3 Å². The summed E-state index contributed by atoms with van der Waals surface area (Å²) >= 11 is 0. The van der Waals surface area contributed by atoms with Crippen molar-refractivity contribution in [1.82, 2.24) is 29.3 Å². The Labute approximate surface area is 216 Å². The number of aryl methyl sites for hydroxylation is 1. The highest BCUT2D eigenvalue weighted by Crippen LogP contribution is 2.32. The Morgan fingerprint density at radius 1 is 1.21 bits per heavy atom. The molecule has 0 aliphatic heterocycles. The van der Waals surface area contributed by atoms with E-state index < -0.39 is 5.82 Å². The first-order chi connectivity index (χ1) is 18.2. The van der Waals surface area contributed by atoms with Crippen LogP contribution in [0.25, 0.3) is 28.0 Å². The molecule has 0 fully saturated rings. The van der Waals surface area contributed by atoms with Crippen LogP contribution in [0.15, 0.2) is 53.6 Å². The van der Waals surface area contributed by atoms with Crippen molar-refractivity contribution in [2.45, 2.75) is 20.4 Å². The maximum atomic E-state index is 14.2. The van der Waals surface area contributed by atoms with Gasteiger partial charge in [0, 0.05) is 18.7 Å². The standard InChI is InChI=1S/C26H24FN9O2/c1-13-6-4-5-7-18(13)36-19(33-21(14(2)28)23(30-3)26(36)38)11-35-25-20(24(29)31-12-32-25)22(34-35)15-8-16(27)10-17(37)9-15/h4-10,12,28,30,37H,11H2,1-3H3,(H2,29,31,32). The minimum Gasteiger partial charge on any atom is -0.508 e. The number of halogens is 1. The molecule has 5 rings (SSSR count). The summed E-state index contributed by atoms with van der Waals surface area (Å²) in [5.74, 6) is -0.519. The van der Waals surface area contributed by atoms with E-state index in [1.165, 1.54) is 27.7 Å². The number of nitrogens with zero attached hydrogens (tertiary/aromatic N) is 6. The summed E-state index contributed by atoms with van der Waals surface area (Å²) in [6.07, 6.45) is 1.28. The van der Waals surface area contributed by atoms with Gasteiger partial charge in [-0.1, -0.05) is 18.2 Å². The molecule has 38 heavy (non-hydrogen) atoms. The van der Waals surface area contributed by atoms with Gasteiger partial charge in [0.2, 0.25) is 0 Å². The highest BCUT2D eigenvalue weighted by Gasteiger charge is 2.23. The van der Waals surface area contributed by atoms with Gasteiger partial charge in [-0.15, -0.1) is 0 Å². The summed E-state index contributed by atoms with van der Waals surface area (Å²) in [5.41, 5.74) is 8.62. The first kappa shape index (κ1) is 24.6. The Morgan fingerprint density at radius 2 is 1.97 bits per heavy atom. The summed E-state index contributed by atoms with van der Waals surface area (Å²) in [4.78, 5) is 26.8. The zero-order valence-electron chi connectivity index (χ0n) is 20.8. The zero-order chi connectivity index (χ0) is 27.1. The van der Waals surface area contributed by atoms with Crippen molar-refractivity contribution in [3.63, 3.8) is 0 Å². The molecule has 12 heteroatoms. The van der Waals surface area contributed by atoms with Crippen LogP contribution in [0, 0.1) is 18.2 Å². The predicted octanol–water partition coefficient (Wildman–Crippen LogP) is 3.25. The molecule has 5 N–H and O–H groups in total. The Morgan fingerprint density at radius 3 is 2.66 bits per heavy atom. The predicted molar refractivity (Wildman–Crippen MR) is 143 cm³/mol. The summed E-state index contributed by atoms with van der Waals surface area (Å²) in [7, 11) is 1.61. The Balaban J connectivity index is 1.79. The fourth-order valence-electron chi connectivity index (χ4n) is 4.42. The SMILES string of the molecule is CNc1c(C(C)=N)nc(Cn2nc(-c3cc(O)cc(F)c3)c3c(N)ncnc32)n(-c2ccccc2C)c1=O. The van der Waals surface area contributed by atoms with E-state index in [9.17, 15) is 14.3 Å². The molecule has 0 bridgehead atoms. The maximum absolute atomic E-state index is 14.2. The van der Waals surface area contributed by atoms with Gasteiger partial charge in [0.1, 0.15) is 53.2 Å². The van der Waals surface area contributed by atoms with Crippen molar-refractivity contribution in [2.24, 2.45) is 0 Å². The van der Waals surface area contributed by atoms with Crippen LogP contribution >= 0.6 is 0 Å². The summed E-state index contributed by atoms with van der Waals surface area (Å²) in [6.45, 7) is 3.39. The van der Waals surface area contributed by atoms with Crippen LogP contribution < -0.4 is 16.6 Å². The summed E-state index contributed by atoms with van der Waals surface area (Å²) in [5, 5.41) is 26.1. The monoisotopic (exact) mass is 513 g/mol. The Bertz CT molecular complexity index is 1770. The maximum Gasteiger partial charge on any atom is 0.282 e. The van der Waals surface area contributed by atoms with Crippen LogP contribution in [0.5, 0.6) is 5.75 Å². The van der Waals surface area contributed by atoms with Gasteiger partial charge in [0.25, 0.3) is 5.56 Å². The average Bonchev–Trinajstić information content (AvgIpc) is 3.24. The van der Waals surface area contributed by atoms with Gasteiger partial charge in [-0.25, -0.2) is 24.0 Å². The second-order valence-electron chi connectivity index (χ2n) is 8.72. The molecule has 3 heterocycles. The Kier molecular flexibility index (Phi) is 6.07. The quantitative estimate of drug-likeness (QED) is 0.252. The number of rotatable bonds is 6. The van der Waals surface area contributed by atoms with Crippen molar-refractivity contribution < 1.29 is 9.50 Å². The third kappa shape index (κ3) is 4.11. The molecule has 192 valence electrons. The third-order valence-corrected chi connectivity index (χ3v) is 6.12. The number of phenolic OH excluding ortho intramolecular Hbond substituents is 1. The second kappa shape index (κ2) is 9.39. The second-order valence-corrected chi connectivity index (χ2v) is 8.72. The highest BCUT2D eigenvalue weighted by molar-refractivity contribution is 5.99. The van der Waals surface area contributed by atoms with Crippen LogP contribution in [-0.4, -0.2) is 47.2 Å². The van der Waals surface area contributed by atoms with Crippen molar-refractivity contribution in [3.05, 3.63) is 82.0 Å². The van der Waals surface area contributed by atoms with Crippen molar-refractivity contribution in [1.29, 1.82) is 5.41 Å². The number of aromatic hydroxyl groups is 1. The largest absolute Gasteiger partial charge is 0.508 e. The number of hydrogen-bond donors (Lipinski definition) is 4. The Hall–Kier alpha value is -5.13. The molecule has 0 aliphatic rings. The third-order valence-electron chi connectivity index (χ3n) is 6.12. The zero-order valence-corrected chi connectivity index (χ0v) is 20.8. The molecule has 0 amide bonds. The van der Waals surface area contributed by atoms with Crippen LogP contribution in [0.4, 0.5) is 15.9 Å². The van der Waals surface area contributed by atoms with Gasteiger partial charge >= 0.3 is 0 Å². The lowest BCUT2D eigenvalue weighted by molar-refractivity contribution is 0.469. The van der Waals surface area contributed by atoms with Gasteiger partial charge in [-0.2, -0.15) is 5.10 Å². The van der Waals surface area contributed by atoms with E-state index in [-0.39, 0.29) is 52.0 Å². The fraction of sp³-hybridized carbons (Fsp3) is 0.154. The number of benzene rings is 2. The molecule has 0 unspecified atom stereocenters. The van der Waals surface area contributed by atoms with Crippen LogP contribution in [0.2, 0.25) is 0 Å². The number of hydrogen-bond acceptors (Lipinski definition) is 9. The molecule has 0 atom stereocenters. The van der Waals surface area contributed by atoms with Crippen molar-refractivity contribution in [2.75, 3.05) is 18.1 Å². The minimum absolute atomic E-state index is 0.0396. The van der Waals surface area contributed by atoms with E-state index in [1.807, 2.05) is 25.1 Å². The van der Waals surface area contributed by atoms with E-state index in [0.29, 0.717) is 22.5 Å². The van der Waals surface area contributed by atoms with Gasteiger partial charge in [-0.3, -0.25) is 9.36 Å². The molecule has 0 spiro atoms. The number of para-hydroxylation sites is 1. The molecule has 3 aromatic heterocycles. The van der Waals surface area contributed by atoms with Crippen LogP contribution in [0.3, 0.4) is 0 Å². The number of nitrogen functional groups attached to an aromatic ring is 1. The van der Waals surface area contributed by atoms with Gasteiger partial charge < -0.3 is 21.6 Å². The molecule has 11 nitrogen and oxygen atoms in total. The van der Waals surface area contributed by atoms with E-state index in [4.69, 9.17) is 16.1 Å². The van der Waals surface area contributed by atoms with Gasteiger partial charge in [0.15, 0.2) is 5.65 Å². The molecule has 0 saturated carbocycles. The number of fused-ring (bicyclic) bond motifs is 1.